The van der Waals surface area contributed by atoms with Crippen LogP contribution in [-0.2, 0) is 17.3 Å². The van der Waals surface area contributed by atoms with Crippen molar-refractivity contribution in [1.29, 1.82) is 0 Å². The van der Waals surface area contributed by atoms with Gasteiger partial charge in [0.1, 0.15) is 0 Å². The van der Waals surface area contributed by atoms with Crippen LogP contribution in [0.1, 0.15) is 51.4 Å². The number of benzene rings is 1. The Bertz CT molecular complexity index is 545. The summed E-state index contributed by atoms with van der Waals surface area (Å²) in [7, 11) is 0. The van der Waals surface area contributed by atoms with Crippen LogP contribution in [0.2, 0.25) is 0 Å². The molecule has 2 rings (SSSR count). The minimum Gasteiger partial charge on any atom is -0.261 e. The van der Waals surface area contributed by atoms with Crippen molar-refractivity contribution in [3.8, 4) is 0 Å². The summed E-state index contributed by atoms with van der Waals surface area (Å²) in [5.74, 6) is 0. The van der Waals surface area contributed by atoms with Gasteiger partial charge in [0, 0.05) is 17.3 Å². The van der Waals surface area contributed by atoms with Crippen LogP contribution < -0.4 is 0 Å². The van der Waals surface area contributed by atoms with Crippen LogP contribution in [0, 0.1) is 0 Å². The smallest absolute Gasteiger partial charge is 0.0463 e. The standard InChI is InChI=1S/C19H25N/c1-18(2,3)16-11-9-15(10-12-16)14-19(4,5)17-8-6-7-13-20-17/h6-13H,14H2,1-5H3. The van der Waals surface area contributed by atoms with E-state index in [4.69, 9.17) is 0 Å². The summed E-state index contributed by atoms with van der Waals surface area (Å²) in [6, 6.07) is 15.2. The molecule has 20 heavy (non-hydrogen) atoms. The predicted molar refractivity (Wildman–Crippen MR) is 86.1 cm³/mol. The molecular weight excluding hydrogens is 242 g/mol. The number of rotatable bonds is 3. The maximum absolute atomic E-state index is 4.50. The van der Waals surface area contributed by atoms with E-state index in [9.17, 15) is 0 Å². The summed E-state index contributed by atoms with van der Waals surface area (Å²) in [5, 5.41) is 0. The second-order valence-corrected chi connectivity index (χ2v) is 7.22. The summed E-state index contributed by atoms with van der Waals surface area (Å²) >= 11 is 0. The summed E-state index contributed by atoms with van der Waals surface area (Å²) in [6.07, 6.45) is 2.88. The first kappa shape index (κ1) is 14.8. The number of pyridine rings is 1. The summed E-state index contributed by atoms with van der Waals surface area (Å²) in [5.41, 5.74) is 4.19. The molecule has 1 aromatic carbocycles. The summed E-state index contributed by atoms with van der Waals surface area (Å²) < 4.78 is 0. The lowest BCUT2D eigenvalue weighted by Crippen LogP contribution is -2.22. The Hall–Kier alpha value is -1.63. The minimum atomic E-state index is 0.0600. The van der Waals surface area contributed by atoms with Gasteiger partial charge in [0.25, 0.3) is 0 Å². The Morgan fingerprint density at radius 3 is 2.00 bits per heavy atom. The zero-order valence-electron chi connectivity index (χ0n) is 13.3. The van der Waals surface area contributed by atoms with Crippen LogP contribution in [0.25, 0.3) is 0 Å². The third-order valence-corrected chi connectivity index (χ3v) is 3.82. The molecule has 1 heterocycles. The van der Waals surface area contributed by atoms with Crippen LogP contribution >= 0.6 is 0 Å². The van der Waals surface area contributed by atoms with Crippen LogP contribution in [0.15, 0.2) is 48.7 Å². The van der Waals surface area contributed by atoms with Crippen molar-refractivity contribution in [3.63, 3.8) is 0 Å². The van der Waals surface area contributed by atoms with E-state index in [2.05, 4.69) is 76.0 Å². The van der Waals surface area contributed by atoms with E-state index in [-0.39, 0.29) is 10.8 Å². The first-order valence-corrected chi connectivity index (χ1v) is 7.30. The van der Waals surface area contributed by atoms with Crippen LogP contribution in [0.3, 0.4) is 0 Å². The van der Waals surface area contributed by atoms with E-state index in [1.54, 1.807) is 0 Å². The Morgan fingerprint density at radius 2 is 1.50 bits per heavy atom. The molecule has 0 aliphatic carbocycles. The van der Waals surface area contributed by atoms with Crippen molar-refractivity contribution >= 4 is 0 Å². The lowest BCUT2D eigenvalue weighted by atomic mass is 9.81. The molecule has 106 valence electrons. The summed E-state index contributed by atoms with van der Waals surface area (Å²) in [4.78, 5) is 4.50. The number of nitrogens with zero attached hydrogens (tertiary/aromatic N) is 1. The molecule has 0 fully saturated rings. The van der Waals surface area contributed by atoms with E-state index < -0.39 is 0 Å². The van der Waals surface area contributed by atoms with Gasteiger partial charge in [-0.1, -0.05) is 65.0 Å². The van der Waals surface area contributed by atoms with E-state index >= 15 is 0 Å². The van der Waals surface area contributed by atoms with Crippen molar-refractivity contribution in [2.45, 2.75) is 51.9 Å². The van der Waals surface area contributed by atoms with Gasteiger partial charge >= 0.3 is 0 Å². The molecule has 2 aromatic rings. The third-order valence-electron chi connectivity index (χ3n) is 3.82. The topological polar surface area (TPSA) is 12.9 Å². The predicted octanol–water partition coefficient (Wildman–Crippen LogP) is 4.90. The van der Waals surface area contributed by atoms with Gasteiger partial charge in [0.2, 0.25) is 0 Å². The number of hydrogen-bond donors (Lipinski definition) is 0. The molecule has 1 aromatic heterocycles. The average molecular weight is 267 g/mol. The quantitative estimate of drug-likeness (QED) is 0.771. The van der Waals surface area contributed by atoms with Gasteiger partial charge in [-0.2, -0.15) is 0 Å². The zero-order chi connectivity index (χ0) is 14.8. The lowest BCUT2D eigenvalue weighted by molar-refractivity contribution is 0.505. The molecule has 0 aliphatic heterocycles. The largest absolute Gasteiger partial charge is 0.261 e. The van der Waals surface area contributed by atoms with Crippen molar-refractivity contribution in [2.24, 2.45) is 0 Å². The average Bonchev–Trinajstić information content (AvgIpc) is 2.39. The van der Waals surface area contributed by atoms with Crippen LogP contribution in [0.5, 0.6) is 0 Å². The molecule has 0 amide bonds. The van der Waals surface area contributed by atoms with E-state index in [0.717, 1.165) is 12.1 Å². The Labute approximate surface area is 123 Å². The SMILES string of the molecule is CC(C)(C)c1ccc(CC(C)(C)c2ccccn2)cc1. The highest BCUT2D eigenvalue weighted by atomic mass is 14.7. The van der Waals surface area contributed by atoms with Gasteiger partial charge < -0.3 is 0 Å². The van der Waals surface area contributed by atoms with E-state index in [0.29, 0.717) is 0 Å². The molecule has 0 N–H and O–H groups in total. The Morgan fingerprint density at radius 1 is 0.850 bits per heavy atom. The first-order chi connectivity index (χ1) is 9.29. The second kappa shape index (κ2) is 5.40. The van der Waals surface area contributed by atoms with Gasteiger partial charge in [0.05, 0.1) is 0 Å². The number of aromatic nitrogens is 1. The first-order valence-electron chi connectivity index (χ1n) is 7.30. The Balaban J connectivity index is 2.18. The lowest BCUT2D eigenvalue weighted by Gasteiger charge is -2.25. The fourth-order valence-electron chi connectivity index (χ4n) is 2.49. The highest BCUT2D eigenvalue weighted by Crippen LogP contribution is 2.27. The van der Waals surface area contributed by atoms with Gasteiger partial charge in [-0.15, -0.1) is 0 Å². The van der Waals surface area contributed by atoms with Gasteiger partial charge in [-0.3, -0.25) is 4.98 Å². The second-order valence-electron chi connectivity index (χ2n) is 7.22. The van der Waals surface area contributed by atoms with Crippen molar-refractivity contribution in [3.05, 3.63) is 65.5 Å². The molecule has 0 bridgehead atoms. The fourth-order valence-corrected chi connectivity index (χ4v) is 2.49. The number of hydrogen-bond acceptors (Lipinski definition) is 1. The molecule has 0 saturated carbocycles. The molecule has 0 saturated heterocycles. The highest BCUT2D eigenvalue weighted by Gasteiger charge is 2.22. The van der Waals surface area contributed by atoms with Crippen molar-refractivity contribution < 1.29 is 0 Å². The highest BCUT2D eigenvalue weighted by molar-refractivity contribution is 5.30. The maximum atomic E-state index is 4.50. The molecular formula is C19H25N. The van der Waals surface area contributed by atoms with Gasteiger partial charge in [-0.05, 0) is 35.1 Å². The van der Waals surface area contributed by atoms with Gasteiger partial charge in [-0.25, -0.2) is 0 Å². The maximum Gasteiger partial charge on any atom is 0.0463 e. The van der Waals surface area contributed by atoms with Gasteiger partial charge in [0.15, 0.2) is 0 Å². The molecule has 0 aliphatic rings. The molecule has 0 unspecified atom stereocenters. The minimum absolute atomic E-state index is 0.0600. The molecule has 1 nitrogen and oxygen atoms in total. The fraction of sp³-hybridized carbons (Fsp3) is 0.421. The van der Waals surface area contributed by atoms with E-state index in [1.165, 1.54) is 11.1 Å². The normalized spacial score (nSPS) is 12.4. The Kier molecular flexibility index (Phi) is 3.99. The molecule has 0 spiro atoms. The van der Waals surface area contributed by atoms with Crippen molar-refractivity contribution in [2.75, 3.05) is 0 Å². The van der Waals surface area contributed by atoms with Crippen molar-refractivity contribution in [1.82, 2.24) is 4.98 Å². The molecule has 1 heteroatoms. The van der Waals surface area contributed by atoms with Crippen LogP contribution in [0.4, 0.5) is 0 Å². The van der Waals surface area contributed by atoms with E-state index in [1.807, 2.05) is 12.3 Å². The zero-order valence-corrected chi connectivity index (χ0v) is 13.3. The third kappa shape index (κ3) is 3.47. The van der Waals surface area contributed by atoms with Crippen LogP contribution in [-0.4, -0.2) is 4.98 Å². The monoisotopic (exact) mass is 267 g/mol. The molecule has 0 radical (unpaired) electrons. The molecule has 0 atom stereocenters. The summed E-state index contributed by atoms with van der Waals surface area (Å²) in [6.45, 7) is 11.3.